The van der Waals surface area contributed by atoms with Crippen LogP contribution < -0.4 is 16.0 Å². The zero-order chi connectivity index (χ0) is 38.5. The molecule has 21 nitrogen and oxygen atoms in total. The molecule has 10 N–H and O–H groups in total. The maximum atomic E-state index is 12.5. The minimum absolute atomic E-state index is 0.138. The van der Waals surface area contributed by atoms with Gasteiger partial charge in [0.2, 0.25) is 17.7 Å². The van der Waals surface area contributed by atoms with Crippen molar-refractivity contribution in [1.29, 1.82) is 0 Å². The third kappa shape index (κ3) is 11.7. The smallest absolute Gasteiger partial charge is 0.217 e. The van der Waals surface area contributed by atoms with Crippen molar-refractivity contribution in [2.45, 2.75) is 113 Å². The van der Waals surface area contributed by atoms with E-state index in [4.69, 9.17) is 28.4 Å². The van der Waals surface area contributed by atoms with E-state index in [0.717, 1.165) is 0 Å². The third-order valence-corrected chi connectivity index (χ3v) is 9.26. The van der Waals surface area contributed by atoms with Crippen molar-refractivity contribution >= 4 is 17.7 Å². The van der Waals surface area contributed by atoms with Crippen LogP contribution in [0.15, 0.2) is 0 Å². The quantitative estimate of drug-likeness (QED) is 0.0442. The van der Waals surface area contributed by atoms with Crippen molar-refractivity contribution in [2.75, 3.05) is 52.9 Å². The summed E-state index contributed by atoms with van der Waals surface area (Å²) >= 11 is 0. The molecule has 15 atom stereocenters. The van der Waals surface area contributed by atoms with Crippen LogP contribution in [0.5, 0.6) is 0 Å². The lowest BCUT2D eigenvalue weighted by molar-refractivity contribution is -0.347. The Morgan fingerprint density at radius 1 is 0.615 bits per heavy atom. The first-order chi connectivity index (χ1) is 24.8. The van der Waals surface area contributed by atoms with Gasteiger partial charge in [0.05, 0.1) is 70.0 Å². The Kier molecular flexibility index (Phi) is 18.4. The highest BCUT2D eigenvalue weighted by atomic mass is 17.1. The fourth-order valence-corrected chi connectivity index (χ4v) is 6.88. The Morgan fingerprint density at radius 2 is 1.13 bits per heavy atom. The molecule has 0 aromatic carbocycles. The molecule has 0 aliphatic carbocycles. The minimum Gasteiger partial charge on any atom is -0.394 e. The molecule has 0 saturated carbocycles. The maximum absolute atomic E-state index is 12.5. The molecule has 0 aromatic heterocycles. The number of hydrogen-bond acceptors (Lipinski definition) is 18. The minimum atomic E-state index is -1.61. The first kappa shape index (κ1) is 44.2. The Labute approximate surface area is 300 Å². The summed E-state index contributed by atoms with van der Waals surface area (Å²) in [6.07, 6.45) is -11.1. The second kappa shape index (κ2) is 21.6. The predicted octanol–water partition coefficient (Wildman–Crippen LogP) is -4.13. The molecule has 6 unspecified atom stereocenters. The summed E-state index contributed by atoms with van der Waals surface area (Å²) in [5, 5.41) is 78.0. The highest BCUT2D eigenvalue weighted by molar-refractivity contribution is 5.74. The van der Waals surface area contributed by atoms with Crippen LogP contribution in [0.1, 0.15) is 34.1 Å². The lowest BCUT2D eigenvalue weighted by Gasteiger charge is -2.47. The number of carbonyl (C=O) groups is 3. The van der Waals surface area contributed by atoms with Gasteiger partial charge >= 0.3 is 0 Å². The maximum Gasteiger partial charge on any atom is 0.217 e. The van der Waals surface area contributed by atoms with E-state index in [0.29, 0.717) is 6.42 Å². The number of hydrogen-bond donors (Lipinski definition) is 10. The van der Waals surface area contributed by atoms with E-state index >= 15 is 0 Å². The molecule has 0 bridgehead atoms. The number of ether oxygens (including phenoxy) is 6. The van der Waals surface area contributed by atoms with E-state index in [2.05, 4.69) is 25.7 Å². The summed E-state index contributed by atoms with van der Waals surface area (Å²) in [5.41, 5.74) is 0. The first-order valence-electron chi connectivity index (χ1n) is 17.2. The van der Waals surface area contributed by atoms with E-state index < -0.39 is 122 Å². The molecular formula is C31H55N3O18. The molecule has 3 heterocycles. The molecule has 302 valence electrons. The van der Waals surface area contributed by atoms with Crippen LogP contribution in [-0.4, -0.2) is 186 Å². The Bertz CT molecular complexity index is 1110. The monoisotopic (exact) mass is 757 g/mol. The average Bonchev–Trinajstić information content (AvgIpc) is 3.09. The van der Waals surface area contributed by atoms with Crippen molar-refractivity contribution < 1.29 is 88.6 Å². The van der Waals surface area contributed by atoms with Crippen LogP contribution in [-0.2, 0) is 52.6 Å². The van der Waals surface area contributed by atoms with Crippen molar-refractivity contribution in [2.24, 2.45) is 11.8 Å². The number of aliphatic hydroxyl groups is 5. The Hall–Kier alpha value is -2.19. The molecule has 3 aliphatic rings. The van der Waals surface area contributed by atoms with Crippen molar-refractivity contribution in [3.05, 3.63) is 0 Å². The Morgan fingerprint density at radius 3 is 1.65 bits per heavy atom. The SMILES string of the molecule is CCCO[C@@H]1C(NC(C)=O)[C@H](COC[C@H]2C(CO)O[C@@H](O)C(NC(C)=O)[C@H]2OO)OC(COO)[C@H]1COC[C@@H]1OC(CO)[C@@H](O)[C@H](O)C1NC(C)=O. The van der Waals surface area contributed by atoms with E-state index in [1.54, 1.807) is 0 Å². The molecule has 52 heavy (non-hydrogen) atoms. The number of aliphatic hydroxyl groups excluding tert-OH is 5. The zero-order valence-corrected chi connectivity index (χ0v) is 29.6. The highest BCUT2D eigenvalue weighted by Gasteiger charge is 2.50. The summed E-state index contributed by atoms with van der Waals surface area (Å²) < 4.78 is 35.7. The Balaban J connectivity index is 1.81. The summed E-state index contributed by atoms with van der Waals surface area (Å²) in [6, 6.07) is -3.15. The predicted molar refractivity (Wildman–Crippen MR) is 172 cm³/mol. The van der Waals surface area contributed by atoms with Crippen LogP contribution in [0.3, 0.4) is 0 Å². The van der Waals surface area contributed by atoms with Gasteiger partial charge in [0.25, 0.3) is 0 Å². The van der Waals surface area contributed by atoms with Gasteiger partial charge < -0.3 is 69.9 Å². The molecule has 3 rings (SSSR count). The van der Waals surface area contributed by atoms with E-state index in [9.17, 15) is 50.4 Å². The van der Waals surface area contributed by atoms with Gasteiger partial charge in [0.15, 0.2) is 6.29 Å². The van der Waals surface area contributed by atoms with Gasteiger partial charge in [-0.15, -0.1) is 0 Å². The number of amides is 3. The zero-order valence-electron chi connectivity index (χ0n) is 29.6. The van der Waals surface area contributed by atoms with E-state index in [1.807, 2.05) is 6.92 Å². The van der Waals surface area contributed by atoms with Crippen LogP contribution >= 0.6 is 0 Å². The molecule has 0 spiro atoms. The largest absolute Gasteiger partial charge is 0.394 e. The number of rotatable bonds is 19. The molecule has 0 aromatic rings. The fourth-order valence-electron chi connectivity index (χ4n) is 6.88. The van der Waals surface area contributed by atoms with Gasteiger partial charge in [-0.1, -0.05) is 6.92 Å². The summed E-state index contributed by atoms with van der Waals surface area (Å²) in [7, 11) is 0. The van der Waals surface area contributed by atoms with Gasteiger partial charge in [-0.3, -0.25) is 24.9 Å². The third-order valence-electron chi connectivity index (χ3n) is 9.26. The molecule has 3 amide bonds. The molecule has 0 radical (unpaired) electrons. The average molecular weight is 758 g/mol. The highest BCUT2D eigenvalue weighted by Crippen LogP contribution is 2.32. The lowest BCUT2D eigenvalue weighted by atomic mass is 9.85. The number of carbonyl (C=O) groups excluding carboxylic acids is 3. The van der Waals surface area contributed by atoms with Crippen molar-refractivity contribution in [3.8, 4) is 0 Å². The van der Waals surface area contributed by atoms with Gasteiger partial charge in [0, 0.05) is 39.2 Å². The fraction of sp³-hybridized carbons (Fsp3) is 0.903. The summed E-state index contributed by atoms with van der Waals surface area (Å²) in [6.45, 7) is 3.45. The van der Waals surface area contributed by atoms with Crippen molar-refractivity contribution in [3.63, 3.8) is 0 Å². The normalized spacial score (nSPS) is 38.0. The van der Waals surface area contributed by atoms with Crippen LogP contribution in [0.4, 0.5) is 0 Å². The summed E-state index contributed by atoms with van der Waals surface area (Å²) in [5.74, 6) is -3.09. The van der Waals surface area contributed by atoms with Gasteiger partial charge in [0.1, 0.15) is 49.3 Å². The van der Waals surface area contributed by atoms with Gasteiger partial charge in [-0.05, 0) is 6.42 Å². The standard InChI is InChI=1S/C31H55N3O18/c1-5-6-47-29-18(10-46-11-22-24(32-14(2)37)28(41)27(40)20(8-36)49-22)21(13-48-43)50-23(25(29)33-15(3)38)12-45-9-17-19(7-35)51-31(42)26(30(17)52-44)34-16(4)39/h17-31,35-36,40-44H,5-13H2,1-4H3,(H,32,37)(H,33,38)(H,34,39)/t17-,18+,19?,20?,21?,22-,23-,24?,25?,26?,27+,28+,29-,30-,31+/m0/s1. The van der Waals surface area contributed by atoms with Crippen LogP contribution in [0.2, 0.25) is 0 Å². The lowest BCUT2D eigenvalue weighted by Crippen LogP contribution is -2.66. The summed E-state index contributed by atoms with van der Waals surface area (Å²) in [4.78, 5) is 45.2. The second-order valence-electron chi connectivity index (χ2n) is 13.1. The first-order valence-corrected chi connectivity index (χ1v) is 17.2. The molecule has 3 aliphatic heterocycles. The molecule has 21 heteroatoms. The van der Waals surface area contributed by atoms with Crippen LogP contribution in [0, 0.1) is 11.8 Å². The molecule has 3 saturated heterocycles. The van der Waals surface area contributed by atoms with Crippen LogP contribution in [0.25, 0.3) is 0 Å². The molecular weight excluding hydrogens is 702 g/mol. The molecule has 3 fully saturated rings. The van der Waals surface area contributed by atoms with Crippen molar-refractivity contribution in [1.82, 2.24) is 16.0 Å². The van der Waals surface area contributed by atoms with E-state index in [-0.39, 0.29) is 39.6 Å². The topological polar surface area (TPSA) is 303 Å². The second-order valence-corrected chi connectivity index (χ2v) is 13.1. The van der Waals surface area contributed by atoms with E-state index in [1.165, 1.54) is 20.8 Å². The van der Waals surface area contributed by atoms with Gasteiger partial charge in [-0.25, -0.2) is 9.78 Å². The van der Waals surface area contributed by atoms with Gasteiger partial charge in [-0.2, -0.15) is 0 Å². The number of nitrogens with one attached hydrogen (secondary N) is 3.